The molecule has 5 rings (SSSR count). The van der Waals surface area contributed by atoms with Crippen molar-refractivity contribution in [3.63, 3.8) is 0 Å². The molecular weight excluding hydrogens is 477 g/mol. The van der Waals surface area contributed by atoms with E-state index in [0.717, 1.165) is 23.7 Å². The lowest BCUT2D eigenvalue weighted by atomic mass is 10.1. The van der Waals surface area contributed by atoms with Gasteiger partial charge in [0.05, 0.1) is 16.9 Å². The Morgan fingerprint density at radius 3 is 2.53 bits per heavy atom. The molecule has 0 aliphatic carbocycles. The summed E-state index contributed by atoms with van der Waals surface area (Å²) < 4.78 is 72.6. The van der Waals surface area contributed by atoms with E-state index in [1.165, 1.54) is 29.4 Å². The largest absolute Gasteiger partial charge is 0.359 e. The number of fused-ring (bicyclic) bond motifs is 1. The van der Waals surface area contributed by atoms with Crippen LogP contribution in [0.1, 0.15) is 22.5 Å². The van der Waals surface area contributed by atoms with Gasteiger partial charge in [-0.3, -0.25) is 4.79 Å². The van der Waals surface area contributed by atoms with Crippen LogP contribution in [0.5, 0.6) is 0 Å². The van der Waals surface area contributed by atoms with Gasteiger partial charge in [-0.2, -0.15) is 4.37 Å². The zero-order valence-electron chi connectivity index (χ0n) is 17.3. The molecule has 34 heavy (non-hydrogen) atoms. The number of nitrogens with one attached hydrogen (secondary N) is 2. The predicted molar refractivity (Wildman–Crippen MR) is 118 cm³/mol. The summed E-state index contributed by atoms with van der Waals surface area (Å²) in [6, 6.07) is 4.62. The zero-order chi connectivity index (χ0) is 24.0. The highest BCUT2D eigenvalue weighted by Crippen LogP contribution is 2.32. The van der Waals surface area contributed by atoms with Gasteiger partial charge in [0.1, 0.15) is 4.88 Å². The first-order chi connectivity index (χ1) is 16.2. The third-order valence-electron chi connectivity index (χ3n) is 5.62. The molecule has 0 atom stereocenters. The number of rotatable bonds is 4. The summed E-state index contributed by atoms with van der Waals surface area (Å²) in [5.41, 5.74) is 1.21. The lowest BCUT2D eigenvalue weighted by Gasteiger charge is -2.32. The van der Waals surface area contributed by atoms with Gasteiger partial charge in [0.25, 0.3) is 11.8 Å². The van der Waals surface area contributed by atoms with Gasteiger partial charge in [0.2, 0.25) is 0 Å². The Morgan fingerprint density at radius 2 is 1.79 bits per heavy atom. The Morgan fingerprint density at radius 1 is 1.06 bits per heavy atom. The molecule has 12 heteroatoms. The standard InChI is InChI=1S/C22H16F5N5OS/c23-13-6-12-17(7-14(13)24)28-10-18(12)30-21(33)19-8-16(31-34-19)11-5-15(25)20(29-9-11)32-3-1-22(26,27)2-4-32/h5-10,28H,1-4H2,(H,30,33). The van der Waals surface area contributed by atoms with Crippen LogP contribution in [0.15, 0.2) is 36.7 Å². The molecule has 176 valence electrons. The molecule has 1 amide bonds. The Balaban J connectivity index is 1.32. The number of carbonyl (C=O) groups excluding carboxylic acids is 1. The highest BCUT2D eigenvalue weighted by molar-refractivity contribution is 7.08. The molecule has 0 bridgehead atoms. The molecular formula is C22H16F5N5OS. The summed E-state index contributed by atoms with van der Waals surface area (Å²) in [7, 11) is 0. The van der Waals surface area contributed by atoms with Crippen molar-refractivity contribution >= 4 is 39.8 Å². The van der Waals surface area contributed by atoms with Crippen molar-refractivity contribution in [2.45, 2.75) is 18.8 Å². The van der Waals surface area contributed by atoms with Crippen LogP contribution < -0.4 is 10.2 Å². The van der Waals surface area contributed by atoms with Gasteiger partial charge >= 0.3 is 0 Å². The van der Waals surface area contributed by atoms with Crippen LogP contribution in [0.2, 0.25) is 0 Å². The number of amides is 1. The average molecular weight is 493 g/mol. The molecule has 1 aliphatic rings. The molecule has 3 aromatic heterocycles. The summed E-state index contributed by atoms with van der Waals surface area (Å²) in [6.45, 7) is 0.00330. The Hall–Kier alpha value is -3.54. The SMILES string of the molecule is O=C(Nc1c[nH]c2cc(F)c(F)cc12)c1cc(-c2cnc(N3CCC(F)(F)CC3)c(F)c2)ns1. The number of alkyl halides is 2. The Labute approximate surface area is 193 Å². The van der Waals surface area contributed by atoms with E-state index in [2.05, 4.69) is 19.7 Å². The van der Waals surface area contributed by atoms with Crippen LogP contribution in [0, 0.1) is 17.5 Å². The van der Waals surface area contributed by atoms with E-state index in [1.807, 2.05) is 0 Å². The average Bonchev–Trinajstić information content (AvgIpc) is 3.43. The smallest absolute Gasteiger partial charge is 0.267 e. The summed E-state index contributed by atoms with van der Waals surface area (Å²) >= 11 is 0.873. The molecule has 4 heterocycles. The number of nitrogens with zero attached hydrogens (tertiary/aromatic N) is 3. The number of benzene rings is 1. The lowest BCUT2D eigenvalue weighted by molar-refractivity contribution is -0.0222. The minimum Gasteiger partial charge on any atom is -0.359 e. The van der Waals surface area contributed by atoms with Crippen molar-refractivity contribution in [1.82, 2.24) is 14.3 Å². The molecule has 0 unspecified atom stereocenters. The first kappa shape index (κ1) is 22.3. The van der Waals surface area contributed by atoms with E-state index in [1.54, 1.807) is 0 Å². The molecule has 0 spiro atoms. The van der Waals surface area contributed by atoms with E-state index < -0.39 is 29.3 Å². The summed E-state index contributed by atoms with van der Waals surface area (Å²) in [5.74, 6) is -6.01. The van der Waals surface area contributed by atoms with Crippen molar-refractivity contribution < 1.29 is 26.7 Å². The number of anilines is 2. The third kappa shape index (κ3) is 4.20. The fraction of sp³-hybridized carbons (Fsp3) is 0.227. The first-order valence-electron chi connectivity index (χ1n) is 10.2. The van der Waals surface area contributed by atoms with Crippen LogP contribution in [0.3, 0.4) is 0 Å². The minimum atomic E-state index is -2.75. The number of aromatic amines is 1. The molecule has 2 N–H and O–H groups in total. The van der Waals surface area contributed by atoms with Gasteiger partial charge in [-0.25, -0.2) is 26.9 Å². The maximum atomic E-state index is 14.7. The molecule has 1 saturated heterocycles. The molecule has 0 radical (unpaired) electrons. The second-order valence-corrected chi connectivity index (χ2v) is 8.72. The molecule has 1 fully saturated rings. The van der Waals surface area contributed by atoms with Crippen molar-refractivity contribution in [3.05, 3.63) is 59.0 Å². The molecule has 0 saturated carbocycles. The summed E-state index contributed by atoms with van der Waals surface area (Å²) in [6.07, 6.45) is 2.06. The first-order valence-corrected chi connectivity index (χ1v) is 11.0. The number of piperidine rings is 1. The third-order valence-corrected chi connectivity index (χ3v) is 6.40. The summed E-state index contributed by atoms with van der Waals surface area (Å²) in [4.78, 5) is 21.2. The van der Waals surface area contributed by atoms with Gasteiger partial charge < -0.3 is 15.2 Å². The molecule has 4 aromatic rings. The maximum absolute atomic E-state index is 14.7. The molecule has 6 nitrogen and oxygen atoms in total. The van der Waals surface area contributed by atoms with Crippen LogP contribution in [-0.2, 0) is 0 Å². The van der Waals surface area contributed by atoms with E-state index in [0.29, 0.717) is 22.2 Å². The topological polar surface area (TPSA) is 73.9 Å². The van der Waals surface area contributed by atoms with Gasteiger partial charge in [0.15, 0.2) is 23.3 Å². The van der Waals surface area contributed by atoms with E-state index in [9.17, 15) is 26.7 Å². The normalized spacial score (nSPS) is 15.6. The number of hydrogen-bond acceptors (Lipinski definition) is 5. The number of aromatic nitrogens is 3. The second kappa shape index (κ2) is 8.35. The van der Waals surface area contributed by atoms with Crippen molar-refractivity contribution in [2.24, 2.45) is 0 Å². The number of hydrogen-bond donors (Lipinski definition) is 2. The fourth-order valence-corrected chi connectivity index (χ4v) is 4.42. The van der Waals surface area contributed by atoms with E-state index in [-0.39, 0.29) is 42.3 Å². The van der Waals surface area contributed by atoms with Crippen LogP contribution in [0.25, 0.3) is 22.2 Å². The van der Waals surface area contributed by atoms with Gasteiger partial charge in [0, 0.05) is 55.3 Å². The number of pyridine rings is 1. The predicted octanol–water partition coefficient (Wildman–Crippen LogP) is 5.59. The molecule has 1 aliphatic heterocycles. The zero-order valence-corrected chi connectivity index (χ0v) is 18.2. The highest BCUT2D eigenvalue weighted by Gasteiger charge is 2.35. The van der Waals surface area contributed by atoms with Crippen molar-refractivity contribution in [3.8, 4) is 11.3 Å². The van der Waals surface area contributed by atoms with Crippen LogP contribution in [-0.4, -0.2) is 39.3 Å². The van der Waals surface area contributed by atoms with Crippen molar-refractivity contribution in [2.75, 3.05) is 23.3 Å². The second-order valence-electron chi connectivity index (χ2n) is 7.92. The summed E-state index contributed by atoms with van der Waals surface area (Å²) in [5, 5.41) is 2.92. The van der Waals surface area contributed by atoms with E-state index >= 15 is 0 Å². The van der Waals surface area contributed by atoms with Gasteiger partial charge in [-0.05, 0) is 29.7 Å². The van der Waals surface area contributed by atoms with Crippen LogP contribution in [0.4, 0.5) is 33.5 Å². The lowest BCUT2D eigenvalue weighted by Crippen LogP contribution is -2.40. The van der Waals surface area contributed by atoms with Gasteiger partial charge in [-0.1, -0.05) is 0 Å². The monoisotopic (exact) mass is 493 g/mol. The van der Waals surface area contributed by atoms with E-state index in [4.69, 9.17) is 0 Å². The molecule has 1 aromatic carbocycles. The fourth-order valence-electron chi connectivity index (χ4n) is 3.77. The quantitative estimate of drug-likeness (QED) is 0.364. The number of carbonyl (C=O) groups is 1. The Kier molecular flexibility index (Phi) is 5.47. The number of H-pyrrole nitrogens is 1. The Bertz CT molecular complexity index is 1390. The number of halogens is 5. The van der Waals surface area contributed by atoms with Gasteiger partial charge in [-0.15, -0.1) is 0 Å². The minimum absolute atomic E-state index is 0.00165. The van der Waals surface area contributed by atoms with Crippen LogP contribution >= 0.6 is 11.5 Å². The van der Waals surface area contributed by atoms with Crippen molar-refractivity contribution in [1.29, 1.82) is 0 Å². The maximum Gasteiger partial charge on any atom is 0.267 e. The highest BCUT2D eigenvalue weighted by atomic mass is 32.1.